The first kappa shape index (κ1) is 12.7. The van der Waals surface area contributed by atoms with Crippen LogP contribution in [0.4, 0.5) is 0 Å². The Morgan fingerprint density at radius 3 is 2.82 bits per heavy atom. The minimum Gasteiger partial charge on any atom is -0.152 e. The molecule has 0 aliphatic carbocycles. The van der Waals surface area contributed by atoms with Gasteiger partial charge >= 0.3 is 0 Å². The fourth-order valence-corrected chi connectivity index (χ4v) is 3.07. The van der Waals surface area contributed by atoms with Crippen LogP contribution in [-0.2, 0) is 6.42 Å². The predicted octanol–water partition coefficient (Wildman–Crippen LogP) is 5.01. The summed E-state index contributed by atoms with van der Waals surface area (Å²) in [7, 11) is 0. The van der Waals surface area contributed by atoms with Gasteiger partial charge in [-0.3, -0.25) is 0 Å². The van der Waals surface area contributed by atoms with Gasteiger partial charge in [-0.2, -0.15) is 11.3 Å². The summed E-state index contributed by atoms with van der Waals surface area (Å²) in [5, 5.41) is 4.36. The first-order valence-electron chi connectivity index (χ1n) is 5.93. The Hall–Kier alpha value is -0.790. The second-order valence-electron chi connectivity index (χ2n) is 4.44. The molecule has 2 rings (SSSR count). The molecule has 0 spiro atoms. The van der Waals surface area contributed by atoms with E-state index in [4.69, 9.17) is 11.6 Å². The molecule has 0 fully saturated rings. The van der Waals surface area contributed by atoms with Crippen LogP contribution < -0.4 is 0 Å². The molecular formula is C15H17ClS. The van der Waals surface area contributed by atoms with Crippen molar-refractivity contribution in [3.8, 4) is 0 Å². The summed E-state index contributed by atoms with van der Waals surface area (Å²) < 4.78 is 0. The first-order valence-corrected chi connectivity index (χ1v) is 7.41. The third kappa shape index (κ3) is 3.58. The number of hydrogen-bond acceptors (Lipinski definition) is 1. The highest BCUT2D eigenvalue weighted by Crippen LogP contribution is 2.24. The summed E-state index contributed by atoms with van der Waals surface area (Å²) >= 11 is 7.86. The van der Waals surface area contributed by atoms with Crippen molar-refractivity contribution in [1.29, 1.82) is 0 Å². The van der Waals surface area contributed by atoms with E-state index in [2.05, 4.69) is 48.0 Å². The van der Waals surface area contributed by atoms with Gasteiger partial charge in [-0.25, -0.2) is 0 Å². The maximum Gasteiger partial charge on any atom is 0.0292 e. The molecule has 1 aromatic carbocycles. The molecule has 0 nitrogen and oxygen atoms in total. The van der Waals surface area contributed by atoms with E-state index >= 15 is 0 Å². The van der Waals surface area contributed by atoms with Gasteiger partial charge in [0.15, 0.2) is 0 Å². The predicted molar refractivity (Wildman–Crippen MR) is 77.3 cm³/mol. The fraction of sp³-hybridized carbons (Fsp3) is 0.333. The molecule has 0 aliphatic rings. The molecule has 1 aromatic heterocycles. The molecule has 0 saturated heterocycles. The van der Waals surface area contributed by atoms with Gasteiger partial charge in [0.25, 0.3) is 0 Å². The molecule has 2 aromatic rings. The molecule has 0 bridgehead atoms. The van der Waals surface area contributed by atoms with Crippen molar-refractivity contribution in [3.63, 3.8) is 0 Å². The standard InChI is InChI=1S/C15H17ClS/c1-12-3-2-4-14(9-12)15(10-16)6-5-13-7-8-17-11-13/h2-4,7-9,11,15H,5-6,10H2,1H3. The van der Waals surface area contributed by atoms with E-state index in [9.17, 15) is 0 Å². The number of halogens is 1. The lowest BCUT2D eigenvalue weighted by Gasteiger charge is -2.14. The van der Waals surface area contributed by atoms with E-state index in [-0.39, 0.29) is 0 Å². The lowest BCUT2D eigenvalue weighted by molar-refractivity contribution is 0.686. The zero-order chi connectivity index (χ0) is 12.1. The smallest absolute Gasteiger partial charge is 0.0292 e. The highest BCUT2D eigenvalue weighted by Gasteiger charge is 2.10. The summed E-state index contributed by atoms with van der Waals surface area (Å²) in [6.45, 7) is 2.13. The first-order chi connectivity index (χ1) is 8.29. The number of alkyl halides is 1. The molecule has 1 atom stereocenters. The molecule has 2 heteroatoms. The number of benzene rings is 1. The van der Waals surface area contributed by atoms with E-state index in [1.165, 1.54) is 16.7 Å². The Kier molecular flexibility index (Phi) is 4.64. The Labute approximate surface area is 112 Å². The zero-order valence-corrected chi connectivity index (χ0v) is 11.6. The van der Waals surface area contributed by atoms with Crippen LogP contribution in [0, 0.1) is 6.92 Å². The Morgan fingerprint density at radius 2 is 2.18 bits per heavy atom. The zero-order valence-electron chi connectivity index (χ0n) is 10.0. The van der Waals surface area contributed by atoms with E-state index in [0.717, 1.165) is 12.8 Å². The molecule has 17 heavy (non-hydrogen) atoms. The third-order valence-corrected chi connectivity index (χ3v) is 4.17. The van der Waals surface area contributed by atoms with Crippen molar-refractivity contribution in [2.45, 2.75) is 25.7 Å². The highest BCUT2D eigenvalue weighted by molar-refractivity contribution is 7.07. The van der Waals surface area contributed by atoms with Crippen LogP contribution in [0.1, 0.15) is 29.0 Å². The van der Waals surface area contributed by atoms with Crippen molar-refractivity contribution in [1.82, 2.24) is 0 Å². The second kappa shape index (κ2) is 6.23. The minimum atomic E-state index is 0.469. The topological polar surface area (TPSA) is 0 Å². The maximum absolute atomic E-state index is 6.10. The average molecular weight is 265 g/mol. The van der Waals surface area contributed by atoms with E-state index in [1.54, 1.807) is 11.3 Å². The Bertz CT molecular complexity index is 448. The van der Waals surface area contributed by atoms with Crippen LogP contribution >= 0.6 is 22.9 Å². The van der Waals surface area contributed by atoms with Crippen molar-refractivity contribution in [2.24, 2.45) is 0 Å². The number of thiophene rings is 1. The quantitative estimate of drug-likeness (QED) is 0.666. The van der Waals surface area contributed by atoms with Crippen molar-refractivity contribution >= 4 is 22.9 Å². The minimum absolute atomic E-state index is 0.469. The molecule has 1 unspecified atom stereocenters. The molecule has 0 N–H and O–H groups in total. The van der Waals surface area contributed by atoms with Gasteiger partial charge in [-0.05, 0) is 53.6 Å². The van der Waals surface area contributed by atoms with Gasteiger partial charge in [-0.15, -0.1) is 11.6 Å². The molecule has 0 amide bonds. The molecule has 0 saturated carbocycles. The van der Waals surface area contributed by atoms with Crippen molar-refractivity contribution in [2.75, 3.05) is 5.88 Å². The summed E-state index contributed by atoms with van der Waals surface area (Å²) in [4.78, 5) is 0. The summed E-state index contributed by atoms with van der Waals surface area (Å²) in [6.07, 6.45) is 2.25. The number of hydrogen-bond donors (Lipinski definition) is 0. The van der Waals surface area contributed by atoms with E-state index in [0.29, 0.717) is 11.8 Å². The van der Waals surface area contributed by atoms with Gasteiger partial charge in [0.05, 0.1) is 0 Å². The Morgan fingerprint density at radius 1 is 1.29 bits per heavy atom. The summed E-state index contributed by atoms with van der Waals surface area (Å²) in [6, 6.07) is 10.9. The van der Waals surface area contributed by atoms with Gasteiger partial charge < -0.3 is 0 Å². The molecular weight excluding hydrogens is 248 g/mol. The number of rotatable bonds is 5. The normalized spacial score (nSPS) is 12.6. The molecule has 0 aliphatic heterocycles. The maximum atomic E-state index is 6.10. The van der Waals surface area contributed by atoms with Crippen LogP contribution in [0.5, 0.6) is 0 Å². The van der Waals surface area contributed by atoms with E-state index in [1.807, 2.05) is 0 Å². The van der Waals surface area contributed by atoms with Gasteiger partial charge in [0.1, 0.15) is 0 Å². The SMILES string of the molecule is Cc1cccc(C(CCl)CCc2ccsc2)c1. The number of aryl methyl sites for hydroxylation is 2. The lowest BCUT2D eigenvalue weighted by Crippen LogP contribution is -2.02. The molecule has 1 heterocycles. The third-order valence-electron chi connectivity index (χ3n) is 3.06. The Balaban J connectivity index is 2.01. The summed E-state index contributed by atoms with van der Waals surface area (Å²) in [5.41, 5.74) is 4.11. The van der Waals surface area contributed by atoms with E-state index < -0.39 is 0 Å². The largest absolute Gasteiger partial charge is 0.152 e. The molecule has 0 radical (unpaired) electrons. The van der Waals surface area contributed by atoms with Gasteiger partial charge in [-0.1, -0.05) is 29.8 Å². The van der Waals surface area contributed by atoms with Crippen LogP contribution in [-0.4, -0.2) is 5.88 Å². The fourth-order valence-electron chi connectivity index (χ4n) is 2.03. The van der Waals surface area contributed by atoms with Crippen LogP contribution in [0.2, 0.25) is 0 Å². The van der Waals surface area contributed by atoms with Gasteiger partial charge in [0.2, 0.25) is 0 Å². The second-order valence-corrected chi connectivity index (χ2v) is 5.52. The monoisotopic (exact) mass is 264 g/mol. The average Bonchev–Trinajstić information content (AvgIpc) is 2.83. The van der Waals surface area contributed by atoms with Crippen molar-refractivity contribution in [3.05, 3.63) is 57.8 Å². The van der Waals surface area contributed by atoms with Crippen LogP contribution in [0.25, 0.3) is 0 Å². The van der Waals surface area contributed by atoms with Crippen molar-refractivity contribution < 1.29 is 0 Å². The van der Waals surface area contributed by atoms with Crippen LogP contribution in [0.15, 0.2) is 41.1 Å². The molecule has 90 valence electrons. The summed E-state index contributed by atoms with van der Waals surface area (Å²) in [5.74, 6) is 1.17. The van der Waals surface area contributed by atoms with Crippen LogP contribution in [0.3, 0.4) is 0 Å². The highest BCUT2D eigenvalue weighted by atomic mass is 35.5. The van der Waals surface area contributed by atoms with Gasteiger partial charge in [0, 0.05) is 5.88 Å². The lowest BCUT2D eigenvalue weighted by atomic mass is 9.93.